The number of aryl methyl sites for hydroxylation is 1. The van der Waals surface area contributed by atoms with Crippen LogP contribution in [0.2, 0.25) is 0 Å². The Balaban J connectivity index is 1.37. The molecule has 3 heterocycles. The SMILES string of the molecule is CCn1nc(O[C@@H]2C[C@H]3C(=O)N[C@]4(C(=O)NS(=O)(=O)C5(C)CC5)C[C@H]4/C=C\CC[C@@H](C)C[C@@H](C)[C@H](NC(=O)NC(C)(C)C)C(=O)N3C2)c2ccccc2c1=O. The summed E-state index contributed by atoms with van der Waals surface area (Å²) >= 11 is 0. The molecular weight excluding hydrogens is 727 g/mol. The first kappa shape index (κ1) is 40.2. The van der Waals surface area contributed by atoms with Crippen LogP contribution in [-0.4, -0.2) is 87.4 Å². The van der Waals surface area contributed by atoms with Crippen molar-refractivity contribution in [2.24, 2.45) is 17.8 Å². The van der Waals surface area contributed by atoms with Gasteiger partial charge >= 0.3 is 6.03 Å². The molecule has 6 rings (SSSR count). The molecule has 0 unspecified atom stereocenters. The zero-order valence-electron chi connectivity index (χ0n) is 32.8. The molecular formula is C39H55N7O8S. The zero-order valence-corrected chi connectivity index (χ0v) is 33.6. The van der Waals surface area contributed by atoms with Crippen molar-refractivity contribution in [3.63, 3.8) is 0 Å². The van der Waals surface area contributed by atoms with Gasteiger partial charge in [0.2, 0.25) is 27.7 Å². The number of rotatable bonds is 7. The predicted octanol–water partition coefficient (Wildman–Crippen LogP) is 3.12. The second kappa shape index (κ2) is 14.9. The maximum Gasteiger partial charge on any atom is 0.315 e. The van der Waals surface area contributed by atoms with Gasteiger partial charge in [-0.25, -0.2) is 17.9 Å². The largest absolute Gasteiger partial charge is 0.471 e. The molecule has 1 aromatic carbocycles. The van der Waals surface area contributed by atoms with Crippen molar-refractivity contribution in [1.29, 1.82) is 0 Å². The number of fused-ring (bicyclic) bond motifs is 3. The maximum atomic E-state index is 14.8. The molecule has 15 nitrogen and oxygen atoms in total. The molecule has 1 saturated heterocycles. The van der Waals surface area contributed by atoms with E-state index in [9.17, 15) is 32.4 Å². The Bertz CT molecular complexity index is 2060. The number of urea groups is 1. The average molecular weight is 782 g/mol. The van der Waals surface area contributed by atoms with Crippen molar-refractivity contribution in [2.45, 2.75) is 134 Å². The van der Waals surface area contributed by atoms with Crippen molar-refractivity contribution in [2.75, 3.05) is 6.54 Å². The molecule has 7 atom stereocenters. The third-order valence-electron chi connectivity index (χ3n) is 11.4. The number of nitrogens with zero attached hydrogens (tertiary/aromatic N) is 3. The van der Waals surface area contributed by atoms with Crippen LogP contribution in [-0.2, 0) is 31.0 Å². The summed E-state index contributed by atoms with van der Waals surface area (Å²) in [5, 5.41) is 14.0. The fraction of sp³-hybridized carbons (Fsp3) is 0.641. The Morgan fingerprint density at radius 3 is 2.42 bits per heavy atom. The van der Waals surface area contributed by atoms with E-state index in [0.717, 1.165) is 6.42 Å². The lowest BCUT2D eigenvalue weighted by Gasteiger charge is -2.33. The van der Waals surface area contributed by atoms with Crippen molar-refractivity contribution < 1.29 is 32.3 Å². The molecule has 2 saturated carbocycles. The lowest BCUT2D eigenvalue weighted by molar-refractivity contribution is -0.142. The number of sulfonamides is 1. The van der Waals surface area contributed by atoms with Crippen molar-refractivity contribution >= 4 is 44.5 Å². The standard InChI is InChI=1S/C39H55N7O8S/c1-8-46-33(48)28-16-12-11-15-27(28)32(43-46)54-26-20-29-31(47)41-39(35(50)44-55(52,53)38(7)17-18-38)21-25(39)14-10-9-13-23(2)19-24(3)30(34(49)45(29)22-26)40-36(51)42-37(4,5)6/h10-12,14-16,23-26,29-30H,8-9,13,17-22H2,1-7H3,(H,41,47)(H,44,50)(H2,40,42,51)/b14-10-/t23-,24-,25-,26-,29+,30+,39-/m1/s1. The summed E-state index contributed by atoms with van der Waals surface area (Å²) in [6.07, 6.45) is 6.14. The van der Waals surface area contributed by atoms with Gasteiger partial charge in [0, 0.05) is 24.4 Å². The van der Waals surface area contributed by atoms with E-state index in [1.165, 1.54) is 9.58 Å². The van der Waals surface area contributed by atoms with Crippen LogP contribution in [0.3, 0.4) is 0 Å². The van der Waals surface area contributed by atoms with Gasteiger partial charge in [0.05, 0.1) is 22.1 Å². The van der Waals surface area contributed by atoms with Gasteiger partial charge in [0.15, 0.2) is 0 Å². The first-order valence-electron chi connectivity index (χ1n) is 19.4. The molecule has 4 N–H and O–H groups in total. The normalized spacial score (nSPS) is 30.1. The first-order valence-corrected chi connectivity index (χ1v) is 20.9. The van der Waals surface area contributed by atoms with Gasteiger partial charge in [-0.1, -0.05) is 38.1 Å². The molecule has 0 spiro atoms. The van der Waals surface area contributed by atoms with Crippen molar-refractivity contribution in [3.8, 4) is 5.88 Å². The molecule has 55 heavy (non-hydrogen) atoms. The number of hydrogen-bond donors (Lipinski definition) is 4. The Kier molecular flexibility index (Phi) is 10.9. The van der Waals surface area contributed by atoms with Gasteiger partial charge in [-0.05, 0) is 97.1 Å². The summed E-state index contributed by atoms with van der Waals surface area (Å²) in [5.41, 5.74) is -2.41. The van der Waals surface area contributed by atoms with Gasteiger partial charge in [-0.2, -0.15) is 0 Å². The summed E-state index contributed by atoms with van der Waals surface area (Å²) in [6, 6.07) is 4.22. The van der Waals surface area contributed by atoms with E-state index < -0.39 is 73.7 Å². The molecule has 300 valence electrons. The highest BCUT2D eigenvalue weighted by atomic mass is 32.2. The molecule has 2 aliphatic heterocycles. The number of amides is 5. The van der Waals surface area contributed by atoms with E-state index >= 15 is 0 Å². The number of nitrogens with one attached hydrogen (secondary N) is 4. The van der Waals surface area contributed by atoms with Gasteiger partial charge in [0.1, 0.15) is 23.7 Å². The number of ether oxygens (including phenoxy) is 1. The van der Waals surface area contributed by atoms with Gasteiger partial charge in [-0.3, -0.25) is 23.9 Å². The molecule has 0 bridgehead atoms. The van der Waals surface area contributed by atoms with Crippen molar-refractivity contribution in [3.05, 3.63) is 46.8 Å². The zero-order chi connectivity index (χ0) is 40.1. The highest BCUT2D eigenvalue weighted by molar-refractivity contribution is 7.91. The average Bonchev–Trinajstić information content (AvgIpc) is 3.99. The second-order valence-corrected chi connectivity index (χ2v) is 19.5. The van der Waals surface area contributed by atoms with E-state index in [1.807, 2.05) is 39.8 Å². The Morgan fingerprint density at radius 1 is 1.07 bits per heavy atom. The summed E-state index contributed by atoms with van der Waals surface area (Å²) in [4.78, 5) is 71.0. The predicted molar refractivity (Wildman–Crippen MR) is 206 cm³/mol. The molecule has 2 aliphatic carbocycles. The maximum absolute atomic E-state index is 14.8. The van der Waals surface area contributed by atoms with Crippen LogP contribution < -0.4 is 31.0 Å². The van der Waals surface area contributed by atoms with Crippen LogP contribution >= 0.6 is 0 Å². The van der Waals surface area contributed by atoms with Crippen LogP contribution in [0.15, 0.2) is 41.2 Å². The second-order valence-electron chi connectivity index (χ2n) is 17.3. The Labute approximate surface area is 322 Å². The van der Waals surface area contributed by atoms with E-state index in [1.54, 1.807) is 38.1 Å². The Hall–Kier alpha value is -4.47. The van der Waals surface area contributed by atoms with Crippen LogP contribution in [0.4, 0.5) is 4.79 Å². The third-order valence-corrected chi connectivity index (χ3v) is 13.6. The van der Waals surface area contributed by atoms with Crippen molar-refractivity contribution in [1.82, 2.24) is 35.4 Å². The molecule has 16 heteroatoms. The smallest absolute Gasteiger partial charge is 0.315 e. The van der Waals surface area contributed by atoms with Crippen LogP contribution in [0.25, 0.3) is 10.8 Å². The first-order chi connectivity index (χ1) is 25.8. The third kappa shape index (κ3) is 8.38. The number of allylic oxidation sites excluding steroid dienone is 1. The van der Waals surface area contributed by atoms with E-state index in [-0.39, 0.29) is 49.2 Å². The molecule has 2 aromatic rings. The quantitative estimate of drug-likeness (QED) is 0.305. The number of hydrogen-bond acceptors (Lipinski definition) is 9. The molecule has 1 aromatic heterocycles. The van der Waals surface area contributed by atoms with Crippen LogP contribution in [0.1, 0.15) is 93.4 Å². The summed E-state index contributed by atoms with van der Waals surface area (Å²) in [6.45, 7) is 13.1. The van der Waals surface area contributed by atoms with Crippen LogP contribution in [0, 0.1) is 17.8 Å². The topological polar surface area (TPSA) is 198 Å². The monoisotopic (exact) mass is 781 g/mol. The van der Waals surface area contributed by atoms with E-state index in [4.69, 9.17) is 4.74 Å². The summed E-state index contributed by atoms with van der Waals surface area (Å²) in [7, 11) is -4.01. The highest BCUT2D eigenvalue weighted by Crippen LogP contribution is 2.47. The number of benzene rings is 1. The van der Waals surface area contributed by atoms with Gasteiger partial charge in [0.25, 0.3) is 11.5 Å². The molecule has 0 radical (unpaired) electrons. The fourth-order valence-electron chi connectivity index (χ4n) is 7.78. The number of carbonyl (C=O) groups is 4. The highest BCUT2D eigenvalue weighted by Gasteiger charge is 2.63. The molecule has 5 amide bonds. The minimum atomic E-state index is -4.01. The number of aromatic nitrogens is 2. The molecule has 4 aliphatic rings. The van der Waals surface area contributed by atoms with Gasteiger partial charge in [-0.15, -0.1) is 5.10 Å². The lowest BCUT2D eigenvalue weighted by atomic mass is 9.88. The van der Waals surface area contributed by atoms with E-state index in [2.05, 4.69) is 32.7 Å². The van der Waals surface area contributed by atoms with Crippen LogP contribution in [0.5, 0.6) is 5.88 Å². The minimum Gasteiger partial charge on any atom is -0.471 e. The Morgan fingerprint density at radius 2 is 1.76 bits per heavy atom. The fourth-order valence-corrected chi connectivity index (χ4v) is 9.09. The summed E-state index contributed by atoms with van der Waals surface area (Å²) < 4.78 is 35.3. The van der Waals surface area contributed by atoms with E-state index in [0.29, 0.717) is 36.5 Å². The lowest BCUT2D eigenvalue weighted by Crippen LogP contribution is -2.60. The van der Waals surface area contributed by atoms with Gasteiger partial charge < -0.3 is 25.6 Å². The molecule has 3 fully saturated rings. The minimum absolute atomic E-state index is 0.000895. The number of carbonyl (C=O) groups excluding carboxylic acids is 4. The summed E-state index contributed by atoms with van der Waals surface area (Å²) in [5.74, 6) is -2.42.